The number of Topliss-reactive ketones (excluding diaryl/α,β-unsaturated/α-hetero) is 1. The van der Waals surface area contributed by atoms with Crippen molar-refractivity contribution in [2.24, 2.45) is 17.3 Å². The molecule has 2 saturated heterocycles. The molecule has 0 aromatic carbocycles. The number of ketones is 1. The molecule has 3 atom stereocenters. The molecule has 0 amide bonds. The number of nitrogens with one attached hydrogen (secondary N) is 1. The lowest BCUT2D eigenvalue weighted by Gasteiger charge is -2.53. The van der Waals surface area contributed by atoms with Gasteiger partial charge in [0.25, 0.3) is 0 Å². The molecule has 3 rings (SSSR count). The Hall–Kier alpha value is -0.370. The van der Waals surface area contributed by atoms with E-state index in [1.807, 2.05) is 13.8 Å². The fourth-order valence-electron chi connectivity index (χ4n) is 3.43. The topological polar surface area (TPSA) is 29.1 Å². The highest BCUT2D eigenvalue weighted by Gasteiger charge is 2.48. The third-order valence-electron chi connectivity index (χ3n) is 4.30. The molecule has 0 aromatic rings. The molecule has 2 heterocycles. The SMILES string of the molecule is CC(C)C(=O)C1N[C@H]2CC[C@@H]1C(C)(C)C2. The van der Waals surface area contributed by atoms with Crippen LogP contribution in [0.4, 0.5) is 0 Å². The fraction of sp³-hybridized carbons (Fsp3) is 0.923. The number of fused-ring (bicyclic) bond motifs is 3. The van der Waals surface area contributed by atoms with Gasteiger partial charge in [-0.05, 0) is 30.6 Å². The number of carbonyl (C=O) groups excluding carboxylic acids is 1. The van der Waals surface area contributed by atoms with Crippen LogP contribution in [0.3, 0.4) is 0 Å². The Kier molecular flexibility index (Phi) is 2.66. The second-order valence-electron chi connectivity index (χ2n) is 6.27. The van der Waals surface area contributed by atoms with Crippen LogP contribution in [0.25, 0.3) is 0 Å². The summed E-state index contributed by atoms with van der Waals surface area (Å²) in [4.78, 5) is 12.1. The van der Waals surface area contributed by atoms with Crippen LogP contribution >= 0.6 is 0 Å². The first-order valence-corrected chi connectivity index (χ1v) is 6.21. The highest BCUT2D eigenvalue weighted by atomic mass is 16.1. The third-order valence-corrected chi connectivity index (χ3v) is 4.30. The molecule has 86 valence electrons. The average Bonchev–Trinajstić information content (AvgIpc) is 2.15. The zero-order valence-electron chi connectivity index (χ0n) is 10.3. The second kappa shape index (κ2) is 3.58. The Morgan fingerprint density at radius 1 is 1.33 bits per heavy atom. The first kappa shape index (κ1) is 11.1. The van der Waals surface area contributed by atoms with Gasteiger partial charge in [-0.2, -0.15) is 0 Å². The van der Waals surface area contributed by atoms with Crippen molar-refractivity contribution in [1.82, 2.24) is 5.32 Å². The molecule has 1 N–H and O–H groups in total. The largest absolute Gasteiger partial charge is 0.304 e. The van der Waals surface area contributed by atoms with Crippen LogP contribution in [0.5, 0.6) is 0 Å². The number of carbonyl (C=O) groups is 1. The molecular formula is C13H23NO. The number of hydrogen-bond acceptors (Lipinski definition) is 2. The third kappa shape index (κ3) is 1.84. The molecule has 1 aliphatic carbocycles. The molecule has 2 nitrogen and oxygen atoms in total. The molecule has 2 bridgehead atoms. The van der Waals surface area contributed by atoms with Crippen LogP contribution in [0.2, 0.25) is 0 Å². The summed E-state index contributed by atoms with van der Waals surface area (Å²) in [6.07, 6.45) is 3.73. The summed E-state index contributed by atoms with van der Waals surface area (Å²) in [6, 6.07) is 0.713. The van der Waals surface area contributed by atoms with E-state index in [1.165, 1.54) is 19.3 Å². The van der Waals surface area contributed by atoms with Gasteiger partial charge in [0.2, 0.25) is 0 Å². The highest BCUT2D eigenvalue weighted by molar-refractivity contribution is 5.86. The fourth-order valence-corrected chi connectivity index (χ4v) is 3.43. The monoisotopic (exact) mass is 209 g/mol. The molecule has 15 heavy (non-hydrogen) atoms. The average molecular weight is 209 g/mol. The van der Waals surface area contributed by atoms with Gasteiger partial charge in [0.05, 0.1) is 6.04 Å². The zero-order chi connectivity index (χ0) is 11.2. The van der Waals surface area contributed by atoms with E-state index in [0.29, 0.717) is 23.2 Å². The highest BCUT2D eigenvalue weighted by Crippen LogP contribution is 2.46. The molecule has 2 heteroatoms. The van der Waals surface area contributed by atoms with Gasteiger partial charge in [-0.15, -0.1) is 0 Å². The summed E-state index contributed by atoms with van der Waals surface area (Å²) in [5.41, 5.74) is 0.351. The first-order chi connectivity index (χ1) is 6.92. The van der Waals surface area contributed by atoms with Gasteiger partial charge >= 0.3 is 0 Å². The van der Waals surface area contributed by atoms with E-state index in [4.69, 9.17) is 0 Å². The first-order valence-electron chi connectivity index (χ1n) is 6.21. The second-order valence-corrected chi connectivity index (χ2v) is 6.27. The van der Waals surface area contributed by atoms with Gasteiger partial charge in [-0.25, -0.2) is 0 Å². The summed E-state index contributed by atoms with van der Waals surface area (Å²) < 4.78 is 0. The van der Waals surface area contributed by atoms with E-state index < -0.39 is 0 Å². The lowest BCUT2D eigenvalue weighted by Crippen LogP contribution is -2.62. The molecule has 1 saturated carbocycles. The van der Waals surface area contributed by atoms with Crippen molar-refractivity contribution in [3.8, 4) is 0 Å². The minimum absolute atomic E-state index is 0.132. The predicted octanol–water partition coefficient (Wildman–Crippen LogP) is 2.38. The van der Waals surface area contributed by atoms with Crippen molar-refractivity contribution in [3.63, 3.8) is 0 Å². The van der Waals surface area contributed by atoms with Gasteiger partial charge < -0.3 is 5.32 Å². The molecule has 3 fully saturated rings. The van der Waals surface area contributed by atoms with Crippen LogP contribution in [0, 0.1) is 17.3 Å². The number of hydrogen-bond donors (Lipinski definition) is 1. The summed E-state index contributed by atoms with van der Waals surface area (Å²) >= 11 is 0. The minimum Gasteiger partial charge on any atom is -0.304 e. The maximum absolute atomic E-state index is 12.1. The van der Waals surface area contributed by atoms with Crippen LogP contribution in [-0.4, -0.2) is 17.9 Å². The smallest absolute Gasteiger partial charge is 0.152 e. The summed E-state index contributed by atoms with van der Waals surface area (Å²) in [6.45, 7) is 8.68. The quantitative estimate of drug-likeness (QED) is 0.756. The van der Waals surface area contributed by atoms with Crippen LogP contribution in [0.15, 0.2) is 0 Å². The summed E-state index contributed by atoms with van der Waals surface area (Å²) in [5, 5.41) is 3.54. The van der Waals surface area contributed by atoms with Crippen LogP contribution < -0.4 is 5.32 Å². The summed E-state index contributed by atoms with van der Waals surface area (Å²) in [5.74, 6) is 1.13. The Labute approximate surface area is 92.8 Å². The van der Waals surface area contributed by atoms with Crippen molar-refractivity contribution < 1.29 is 4.79 Å². The Balaban J connectivity index is 2.18. The molecule has 3 aliphatic rings. The van der Waals surface area contributed by atoms with E-state index in [2.05, 4.69) is 19.2 Å². The Morgan fingerprint density at radius 2 is 2.00 bits per heavy atom. The van der Waals surface area contributed by atoms with Gasteiger partial charge in [0.15, 0.2) is 5.78 Å². The van der Waals surface area contributed by atoms with E-state index in [0.717, 1.165) is 0 Å². The van der Waals surface area contributed by atoms with Crippen LogP contribution in [0.1, 0.15) is 47.0 Å². The van der Waals surface area contributed by atoms with Crippen molar-refractivity contribution in [2.45, 2.75) is 59.0 Å². The molecule has 0 radical (unpaired) electrons. The lowest BCUT2D eigenvalue weighted by atomic mass is 9.60. The molecule has 2 aliphatic heterocycles. The zero-order valence-corrected chi connectivity index (χ0v) is 10.3. The van der Waals surface area contributed by atoms with E-state index in [1.54, 1.807) is 0 Å². The number of piperidine rings is 2. The van der Waals surface area contributed by atoms with Crippen molar-refractivity contribution in [3.05, 3.63) is 0 Å². The standard InChI is InChI=1S/C13H23NO/c1-8(2)12(15)11-10-6-5-9(14-11)7-13(10,3)4/h8-11,14H,5-7H2,1-4H3/t9-,10-,11?/m0/s1. The Bertz CT molecular complexity index is 270. The van der Waals surface area contributed by atoms with Gasteiger partial charge in [-0.3, -0.25) is 4.79 Å². The van der Waals surface area contributed by atoms with E-state index in [-0.39, 0.29) is 12.0 Å². The lowest BCUT2D eigenvalue weighted by molar-refractivity contribution is -0.131. The molecular weight excluding hydrogens is 186 g/mol. The molecule has 0 spiro atoms. The van der Waals surface area contributed by atoms with Gasteiger partial charge in [0, 0.05) is 12.0 Å². The molecule has 1 unspecified atom stereocenters. The van der Waals surface area contributed by atoms with Gasteiger partial charge in [0.1, 0.15) is 0 Å². The maximum atomic E-state index is 12.1. The van der Waals surface area contributed by atoms with Crippen molar-refractivity contribution in [1.29, 1.82) is 0 Å². The van der Waals surface area contributed by atoms with E-state index in [9.17, 15) is 4.79 Å². The van der Waals surface area contributed by atoms with Crippen molar-refractivity contribution in [2.75, 3.05) is 0 Å². The van der Waals surface area contributed by atoms with Gasteiger partial charge in [-0.1, -0.05) is 27.7 Å². The number of rotatable bonds is 2. The van der Waals surface area contributed by atoms with E-state index >= 15 is 0 Å². The summed E-state index contributed by atoms with van der Waals surface area (Å²) in [7, 11) is 0. The normalized spacial score (nSPS) is 38.3. The minimum atomic E-state index is 0.132. The Morgan fingerprint density at radius 3 is 2.47 bits per heavy atom. The molecule has 0 aromatic heterocycles. The predicted molar refractivity (Wildman–Crippen MR) is 61.7 cm³/mol. The van der Waals surface area contributed by atoms with Crippen molar-refractivity contribution >= 4 is 5.78 Å². The van der Waals surface area contributed by atoms with Crippen LogP contribution in [-0.2, 0) is 4.79 Å². The maximum Gasteiger partial charge on any atom is 0.152 e.